The van der Waals surface area contributed by atoms with Gasteiger partial charge in [0.1, 0.15) is 0 Å². The molecule has 1 N–H and O–H groups in total. The monoisotopic (exact) mass is 266 g/mol. The summed E-state index contributed by atoms with van der Waals surface area (Å²) in [6, 6.07) is 5.71. The molecule has 0 unspecified atom stereocenters. The second-order valence-electron chi connectivity index (χ2n) is 5.35. The second kappa shape index (κ2) is 4.90. The largest absolute Gasteiger partial charge is 0.308 e. The van der Waals surface area contributed by atoms with Crippen molar-refractivity contribution in [3.63, 3.8) is 0 Å². The first-order valence-corrected chi connectivity index (χ1v) is 6.60. The maximum Gasteiger partial charge on any atom is 0.241 e. The Labute approximate surface area is 113 Å². The number of rotatable bonds is 1. The second-order valence-corrected chi connectivity index (χ2v) is 5.76. The van der Waals surface area contributed by atoms with E-state index in [1.54, 1.807) is 0 Å². The summed E-state index contributed by atoms with van der Waals surface area (Å²) in [5.41, 5.74) is 1.68. The van der Waals surface area contributed by atoms with Gasteiger partial charge in [-0.05, 0) is 51.4 Å². The molecule has 0 spiro atoms. The minimum atomic E-state index is -0.198. The van der Waals surface area contributed by atoms with Crippen LogP contribution in [0.15, 0.2) is 18.2 Å². The van der Waals surface area contributed by atoms with Gasteiger partial charge in [-0.3, -0.25) is 4.79 Å². The van der Waals surface area contributed by atoms with Gasteiger partial charge in [-0.25, -0.2) is 0 Å². The fourth-order valence-electron chi connectivity index (χ4n) is 2.42. The van der Waals surface area contributed by atoms with Crippen molar-refractivity contribution < 1.29 is 4.79 Å². The minimum absolute atomic E-state index is 0.0999. The Bertz CT molecular complexity index is 471. The number of amides is 1. The number of hydrogen-bond acceptors (Lipinski definition) is 2. The number of nitrogens with zero attached hydrogens (tertiary/aromatic N) is 1. The predicted molar refractivity (Wildman–Crippen MR) is 75.2 cm³/mol. The predicted octanol–water partition coefficient (Wildman–Crippen LogP) is 2.75. The maximum atomic E-state index is 12.3. The third kappa shape index (κ3) is 2.38. The molecule has 0 bridgehead atoms. The van der Waals surface area contributed by atoms with Crippen LogP contribution in [0.4, 0.5) is 5.69 Å². The molecule has 0 aliphatic carbocycles. The highest BCUT2D eigenvalue weighted by Gasteiger charge is 2.34. The molecule has 1 aromatic rings. The van der Waals surface area contributed by atoms with Gasteiger partial charge in [0, 0.05) is 16.2 Å². The standard InChI is InChI=1S/C14H19ClN2O/c1-10-11(15)5-4-6-12(10)17-13(18)9-16-8-7-14(17,2)3/h4-6,16H,7-9H2,1-3H3. The Morgan fingerprint density at radius 2 is 2.11 bits per heavy atom. The third-order valence-corrected chi connectivity index (χ3v) is 3.93. The van der Waals surface area contributed by atoms with Gasteiger partial charge in [0.15, 0.2) is 0 Å². The molecule has 2 rings (SSSR count). The Kier molecular flexibility index (Phi) is 3.64. The highest BCUT2D eigenvalue weighted by atomic mass is 35.5. The van der Waals surface area contributed by atoms with Crippen molar-refractivity contribution in [3.8, 4) is 0 Å². The highest BCUT2D eigenvalue weighted by Crippen LogP contribution is 2.33. The summed E-state index contributed by atoms with van der Waals surface area (Å²) in [6.07, 6.45) is 0.921. The van der Waals surface area contributed by atoms with Gasteiger partial charge < -0.3 is 10.2 Å². The Hall–Kier alpha value is -1.06. The molecule has 3 nitrogen and oxygen atoms in total. The number of benzene rings is 1. The Balaban J connectivity index is 2.51. The van der Waals surface area contributed by atoms with Gasteiger partial charge in [-0.2, -0.15) is 0 Å². The summed E-state index contributed by atoms with van der Waals surface area (Å²) in [5, 5.41) is 3.86. The highest BCUT2D eigenvalue weighted by molar-refractivity contribution is 6.31. The van der Waals surface area contributed by atoms with Crippen LogP contribution >= 0.6 is 11.6 Å². The minimum Gasteiger partial charge on any atom is -0.308 e. The summed E-state index contributed by atoms with van der Waals surface area (Å²) in [4.78, 5) is 14.2. The Morgan fingerprint density at radius 3 is 2.83 bits per heavy atom. The smallest absolute Gasteiger partial charge is 0.241 e. The molecule has 1 heterocycles. The van der Waals surface area contributed by atoms with Gasteiger partial charge in [0.25, 0.3) is 0 Å². The molecule has 4 heteroatoms. The van der Waals surface area contributed by atoms with Crippen LogP contribution in [-0.2, 0) is 4.79 Å². The van der Waals surface area contributed by atoms with Crippen molar-refractivity contribution >= 4 is 23.2 Å². The van der Waals surface area contributed by atoms with Crippen molar-refractivity contribution in [3.05, 3.63) is 28.8 Å². The van der Waals surface area contributed by atoms with E-state index in [2.05, 4.69) is 19.2 Å². The van der Waals surface area contributed by atoms with Crippen LogP contribution in [0.2, 0.25) is 5.02 Å². The molecule has 1 aromatic carbocycles. The molecule has 0 aromatic heterocycles. The average Bonchev–Trinajstić information content (AvgIpc) is 2.42. The van der Waals surface area contributed by atoms with Gasteiger partial charge in [-0.15, -0.1) is 0 Å². The summed E-state index contributed by atoms with van der Waals surface area (Å²) < 4.78 is 0. The number of anilines is 1. The summed E-state index contributed by atoms with van der Waals surface area (Å²) >= 11 is 6.16. The van der Waals surface area contributed by atoms with Crippen molar-refractivity contribution in [1.82, 2.24) is 5.32 Å². The molecule has 0 saturated carbocycles. The van der Waals surface area contributed by atoms with Crippen LogP contribution in [0.5, 0.6) is 0 Å². The number of nitrogens with one attached hydrogen (secondary N) is 1. The molecule has 18 heavy (non-hydrogen) atoms. The molecule has 1 aliphatic heterocycles. The van der Waals surface area contributed by atoms with E-state index in [1.807, 2.05) is 30.0 Å². The van der Waals surface area contributed by atoms with E-state index >= 15 is 0 Å². The molecule has 1 amide bonds. The lowest BCUT2D eigenvalue weighted by molar-refractivity contribution is -0.118. The molecule has 1 saturated heterocycles. The number of halogens is 1. The maximum absolute atomic E-state index is 12.3. The van der Waals surface area contributed by atoms with Gasteiger partial charge in [0.05, 0.1) is 6.54 Å². The van der Waals surface area contributed by atoms with E-state index < -0.39 is 0 Å². The lowest BCUT2D eigenvalue weighted by Gasteiger charge is -2.38. The third-order valence-electron chi connectivity index (χ3n) is 3.52. The zero-order chi connectivity index (χ0) is 13.3. The first kappa shape index (κ1) is 13.4. The van der Waals surface area contributed by atoms with Crippen molar-refractivity contribution in [2.24, 2.45) is 0 Å². The normalized spacial score (nSPS) is 19.8. The summed E-state index contributed by atoms with van der Waals surface area (Å²) in [6.45, 7) is 7.39. The quantitative estimate of drug-likeness (QED) is 0.848. The zero-order valence-electron chi connectivity index (χ0n) is 11.1. The van der Waals surface area contributed by atoms with Crippen LogP contribution < -0.4 is 10.2 Å². The number of hydrogen-bond donors (Lipinski definition) is 1. The average molecular weight is 267 g/mol. The molecular weight excluding hydrogens is 248 g/mol. The van der Waals surface area contributed by atoms with Crippen molar-refractivity contribution in [1.29, 1.82) is 0 Å². The fraction of sp³-hybridized carbons (Fsp3) is 0.500. The lowest BCUT2D eigenvalue weighted by atomic mass is 9.96. The van der Waals surface area contributed by atoms with Gasteiger partial charge in [0.2, 0.25) is 5.91 Å². The van der Waals surface area contributed by atoms with E-state index in [0.717, 1.165) is 24.2 Å². The Morgan fingerprint density at radius 1 is 1.39 bits per heavy atom. The number of carbonyl (C=O) groups excluding carboxylic acids is 1. The molecule has 1 aliphatic rings. The summed E-state index contributed by atoms with van der Waals surface area (Å²) in [7, 11) is 0. The molecule has 0 radical (unpaired) electrons. The topological polar surface area (TPSA) is 32.3 Å². The van der Waals surface area contributed by atoms with E-state index in [-0.39, 0.29) is 11.4 Å². The van der Waals surface area contributed by atoms with E-state index in [1.165, 1.54) is 0 Å². The van der Waals surface area contributed by atoms with Crippen LogP contribution in [0.1, 0.15) is 25.8 Å². The van der Waals surface area contributed by atoms with E-state index in [4.69, 9.17) is 11.6 Å². The van der Waals surface area contributed by atoms with Crippen molar-refractivity contribution in [2.45, 2.75) is 32.7 Å². The van der Waals surface area contributed by atoms with Gasteiger partial charge in [-0.1, -0.05) is 17.7 Å². The van der Waals surface area contributed by atoms with Crippen LogP contribution in [0.3, 0.4) is 0 Å². The SMILES string of the molecule is Cc1c(Cl)cccc1N1C(=O)CNCCC1(C)C. The molecular formula is C14H19ClN2O. The van der Waals surface area contributed by atoms with Crippen LogP contribution in [-0.4, -0.2) is 24.5 Å². The number of carbonyl (C=O) groups is 1. The molecule has 98 valence electrons. The summed E-state index contributed by atoms with van der Waals surface area (Å²) in [5.74, 6) is 0.0999. The first-order valence-electron chi connectivity index (χ1n) is 6.22. The lowest BCUT2D eigenvalue weighted by Crippen LogP contribution is -2.48. The van der Waals surface area contributed by atoms with Crippen LogP contribution in [0.25, 0.3) is 0 Å². The van der Waals surface area contributed by atoms with Crippen molar-refractivity contribution in [2.75, 3.05) is 18.0 Å². The molecule has 1 fully saturated rings. The van der Waals surface area contributed by atoms with E-state index in [0.29, 0.717) is 11.6 Å². The van der Waals surface area contributed by atoms with Gasteiger partial charge >= 0.3 is 0 Å². The van der Waals surface area contributed by atoms with E-state index in [9.17, 15) is 4.79 Å². The van der Waals surface area contributed by atoms with Crippen LogP contribution in [0, 0.1) is 6.92 Å². The zero-order valence-corrected chi connectivity index (χ0v) is 11.8. The fourth-order valence-corrected chi connectivity index (χ4v) is 2.59. The first-order chi connectivity index (χ1) is 8.43. The molecule has 0 atom stereocenters.